The second-order valence-corrected chi connectivity index (χ2v) is 8.83. The number of carbonyl (C=O) groups is 1. The topological polar surface area (TPSA) is 100 Å². The van der Waals surface area contributed by atoms with Crippen LogP contribution < -0.4 is 14.2 Å². The van der Waals surface area contributed by atoms with Crippen molar-refractivity contribution in [1.29, 1.82) is 0 Å². The Bertz CT molecular complexity index is 1380. The SMILES string of the molecule is COc1ccc(C(C)(O)c2cccc(OCc3nc(-c4ccccc4)oc3C)c2)c(OCCOC(C)=O)c1. The molecule has 0 saturated heterocycles. The Labute approximate surface area is 221 Å². The van der Waals surface area contributed by atoms with Gasteiger partial charge in [0.25, 0.3) is 0 Å². The van der Waals surface area contributed by atoms with Gasteiger partial charge in [-0.3, -0.25) is 4.79 Å². The van der Waals surface area contributed by atoms with E-state index in [-0.39, 0.29) is 25.8 Å². The summed E-state index contributed by atoms with van der Waals surface area (Å²) in [5, 5.41) is 11.6. The van der Waals surface area contributed by atoms with Crippen molar-refractivity contribution in [2.75, 3.05) is 20.3 Å². The fourth-order valence-corrected chi connectivity index (χ4v) is 3.95. The van der Waals surface area contributed by atoms with Crippen LogP contribution in [-0.2, 0) is 21.7 Å². The zero-order chi connectivity index (χ0) is 27.1. The number of ether oxygens (including phenoxy) is 4. The maximum Gasteiger partial charge on any atom is 0.302 e. The first-order valence-corrected chi connectivity index (χ1v) is 12.2. The van der Waals surface area contributed by atoms with Crippen LogP contribution in [0.15, 0.2) is 77.2 Å². The van der Waals surface area contributed by atoms with E-state index in [9.17, 15) is 9.90 Å². The molecule has 1 N–H and O–H groups in total. The standard InChI is InChI=1S/C30H31NO7/c1-20-27(31-29(38-20)22-9-6-5-7-10-22)19-37-25-12-8-11-23(17-25)30(3,33)26-14-13-24(34-4)18-28(26)36-16-15-35-21(2)32/h5-14,17-18,33H,15-16,19H2,1-4H3. The second-order valence-electron chi connectivity index (χ2n) is 8.83. The van der Waals surface area contributed by atoms with Crippen molar-refractivity contribution in [2.45, 2.75) is 33.0 Å². The van der Waals surface area contributed by atoms with E-state index in [0.717, 1.165) is 5.56 Å². The molecule has 0 spiro atoms. The minimum atomic E-state index is -1.42. The molecule has 0 amide bonds. The van der Waals surface area contributed by atoms with Crippen molar-refractivity contribution < 1.29 is 33.3 Å². The first-order valence-electron chi connectivity index (χ1n) is 12.2. The molecule has 1 heterocycles. The number of aryl methyl sites for hydroxylation is 1. The molecule has 1 atom stereocenters. The molecule has 0 saturated carbocycles. The largest absolute Gasteiger partial charge is 0.497 e. The van der Waals surface area contributed by atoms with Crippen LogP contribution in [0.25, 0.3) is 11.5 Å². The van der Waals surface area contributed by atoms with Gasteiger partial charge in [-0.2, -0.15) is 0 Å². The third kappa shape index (κ3) is 6.33. The number of esters is 1. The molecular weight excluding hydrogens is 486 g/mol. The normalized spacial score (nSPS) is 12.4. The molecule has 0 fully saturated rings. The molecule has 1 aromatic heterocycles. The maximum absolute atomic E-state index is 11.6. The van der Waals surface area contributed by atoms with E-state index in [1.54, 1.807) is 38.3 Å². The molecule has 1 unspecified atom stereocenters. The molecule has 0 aliphatic heterocycles. The smallest absolute Gasteiger partial charge is 0.302 e. The monoisotopic (exact) mass is 517 g/mol. The summed E-state index contributed by atoms with van der Waals surface area (Å²) >= 11 is 0. The lowest BCUT2D eigenvalue weighted by molar-refractivity contribution is -0.141. The van der Waals surface area contributed by atoms with E-state index in [2.05, 4.69) is 4.98 Å². The van der Waals surface area contributed by atoms with Crippen LogP contribution in [0.5, 0.6) is 17.2 Å². The molecule has 0 aliphatic rings. The van der Waals surface area contributed by atoms with Gasteiger partial charge in [0.2, 0.25) is 5.89 Å². The Kier molecular flexibility index (Phi) is 8.33. The fraction of sp³-hybridized carbons (Fsp3) is 0.267. The van der Waals surface area contributed by atoms with E-state index < -0.39 is 5.60 Å². The molecular formula is C30H31NO7. The van der Waals surface area contributed by atoms with Crippen LogP contribution in [0.4, 0.5) is 0 Å². The first kappa shape index (κ1) is 26.8. The molecule has 4 aromatic rings. The summed E-state index contributed by atoms with van der Waals surface area (Å²) in [7, 11) is 1.55. The van der Waals surface area contributed by atoms with E-state index in [1.807, 2.05) is 55.5 Å². The van der Waals surface area contributed by atoms with Crippen LogP contribution in [-0.4, -0.2) is 36.4 Å². The summed E-state index contributed by atoms with van der Waals surface area (Å²) in [4.78, 5) is 15.7. The Morgan fingerprint density at radius 3 is 2.50 bits per heavy atom. The predicted octanol–water partition coefficient (Wildman–Crippen LogP) is 5.44. The summed E-state index contributed by atoms with van der Waals surface area (Å²) in [5.41, 5.74) is 1.29. The quantitative estimate of drug-likeness (QED) is 0.208. The van der Waals surface area contributed by atoms with Gasteiger partial charge < -0.3 is 28.5 Å². The van der Waals surface area contributed by atoms with Gasteiger partial charge in [-0.1, -0.05) is 30.3 Å². The van der Waals surface area contributed by atoms with Crippen LogP contribution >= 0.6 is 0 Å². The zero-order valence-electron chi connectivity index (χ0n) is 21.9. The number of hydrogen-bond acceptors (Lipinski definition) is 8. The number of methoxy groups -OCH3 is 1. The third-order valence-corrected chi connectivity index (χ3v) is 6.04. The number of carbonyl (C=O) groups excluding carboxylic acids is 1. The Hall–Kier alpha value is -4.30. The zero-order valence-corrected chi connectivity index (χ0v) is 21.9. The summed E-state index contributed by atoms with van der Waals surface area (Å²) in [6.07, 6.45) is 0. The number of nitrogens with zero attached hydrogens (tertiary/aromatic N) is 1. The van der Waals surface area contributed by atoms with E-state index in [0.29, 0.717) is 45.7 Å². The van der Waals surface area contributed by atoms with E-state index in [4.69, 9.17) is 23.4 Å². The molecule has 38 heavy (non-hydrogen) atoms. The first-order chi connectivity index (χ1) is 18.3. The summed E-state index contributed by atoms with van der Waals surface area (Å²) in [5.74, 6) is 2.39. The Morgan fingerprint density at radius 2 is 1.76 bits per heavy atom. The summed E-state index contributed by atoms with van der Waals surface area (Å²) in [6.45, 7) is 5.29. The molecule has 0 bridgehead atoms. The minimum Gasteiger partial charge on any atom is -0.497 e. The molecule has 3 aromatic carbocycles. The average Bonchev–Trinajstić information content (AvgIpc) is 3.30. The molecule has 8 heteroatoms. The van der Waals surface area contributed by atoms with Crippen LogP contribution in [0, 0.1) is 6.92 Å². The van der Waals surface area contributed by atoms with E-state index in [1.165, 1.54) is 6.92 Å². The van der Waals surface area contributed by atoms with Crippen molar-refractivity contribution in [2.24, 2.45) is 0 Å². The van der Waals surface area contributed by atoms with Crippen molar-refractivity contribution in [3.05, 3.63) is 95.4 Å². The molecule has 4 rings (SSSR count). The average molecular weight is 518 g/mol. The van der Waals surface area contributed by atoms with Crippen molar-refractivity contribution >= 4 is 5.97 Å². The third-order valence-electron chi connectivity index (χ3n) is 6.04. The number of oxazole rings is 1. The van der Waals surface area contributed by atoms with Crippen molar-refractivity contribution in [3.63, 3.8) is 0 Å². The van der Waals surface area contributed by atoms with Gasteiger partial charge in [0.15, 0.2) is 0 Å². The number of aliphatic hydroxyl groups is 1. The molecule has 8 nitrogen and oxygen atoms in total. The van der Waals surface area contributed by atoms with Crippen molar-refractivity contribution in [3.8, 4) is 28.7 Å². The van der Waals surface area contributed by atoms with Crippen LogP contribution in [0.3, 0.4) is 0 Å². The Balaban J connectivity index is 1.52. The highest BCUT2D eigenvalue weighted by Gasteiger charge is 2.30. The minimum absolute atomic E-state index is 0.0882. The predicted molar refractivity (Wildman–Crippen MR) is 141 cm³/mol. The molecule has 0 aliphatic carbocycles. The number of hydrogen-bond donors (Lipinski definition) is 1. The van der Waals surface area contributed by atoms with Gasteiger partial charge in [0, 0.05) is 24.1 Å². The highest BCUT2D eigenvalue weighted by Crippen LogP contribution is 2.38. The number of benzene rings is 3. The number of aromatic nitrogens is 1. The van der Waals surface area contributed by atoms with Crippen molar-refractivity contribution in [1.82, 2.24) is 4.98 Å². The maximum atomic E-state index is 11.6. The van der Waals surface area contributed by atoms with Crippen LogP contribution in [0.2, 0.25) is 0 Å². The lowest BCUT2D eigenvalue weighted by Gasteiger charge is -2.27. The van der Waals surface area contributed by atoms with Gasteiger partial charge in [0.05, 0.1) is 7.11 Å². The number of rotatable bonds is 11. The highest BCUT2D eigenvalue weighted by molar-refractivity contribution is 5.65. The summed E-state index contributed by atoms with van der Waals surface area (Å²) < 4.78 is 28.0. The van der Waals surface area contributed by atoms with Gasteiger partial charge in [0.1, 0.15) is 54.1 Å². The van der Waals surface area contributed by atoms with Gasteiger partial charge >= 0.3 is 5.97 Å². The van der Waals surface area contributed by atoms with Gasteiger partial charge in [-0.25, -0.2) is 4.98 Å². The molecule has 198 valence electrons. The van der Waals surface area contributed by atoms with E-state index >= 15 is 0 Å². The van der Waals surface area contributed by atoms with Gasteiger partial charge in [-0.15, -0.1) is 0 Å². The second kappa shape index (κ2) is 11.8. The van der Waals surface area contributed by atoms with Gasteiger partial charge in [-0.05, 0) is 55.8 Å². The lowest BCUT2D eigenvalue weighted by atomic mass is 9.87. The Morgan fingerprint density at radius 1 is 0.974 bits per heavy atom. The van der Waals surface area contributed by atoms with Crippen LogP contribution in [0.1, 0.15) is 36.4 Å². The lowest BCUT2D eigenvalue weighted by Crippen LogP contribution is -2.24. The fourth-order valence-electron chi connectivity index (χ4n) is 3.95. The molecule has 0 radical (unpaired) electrons. The summed E-state index contributed by atoms with van der Waals surface area (Å²) in [6, 6.07) is 22.1. The highest BCUT2D eigenvalue weighted by atomic mass is 16.6.